The second-order valence-electron chi connectivity index (χ2n) is 14.7. The Balaban J connectivity index is 1.30. The van der Waals surface area contributed by atoms with Gasteiger partial charge in [-0.15, -0.1) is 11.8 Å². The monoisotopic (exact) mass is 699 g/mol. The normalized spacial score (nSPS) is 22.4. The van der Waals surface area contributed by atoms with Gasteiger partial charge >= 0.3 is 12.2 Å². The maximum atomic E-state index is 15.9. The maximum Gasteiger partial charge on any atom is 0.410 e. The molecule has 0 radical (unpaired) electrons. The molecule has 1 aromatic heterocycles. The summed E-state index contributed by atoms with van der Waals surface area (Å²) in [4.78, 5) is 48.0. The average Bonchev–Trinajstić information content (AvgIpc) is 3.43. The Morgan fingerprint density at radius 3 is 2.46 bits per heavy atom. The van der Waals surface area contributed by atoms with Crippen molar-refractivity contribution in [3.63, 3.8) is 0 Å². The predicted molar refractivity (Wildman–Crippen MR) is 178 cm³/mol. The van der Waals surface area contributed by atoms with Gasteiger partial charge in [0.05, 0.1) is 23.2 Å². The van der Waals surface area contributed by atoms with Crippen molar-refractivity contribution in [3.05, 3.63) is 58.7 Å². The summed E-state index contributed by atoms with van der Waals surface area (Å²) in [6, 6.07) is 9.00. The molecule has 4 heterocycles. The quantitative estimate of drug-likeness (QED) is 0.301. The van der Waals surface area contributed by atoms with E-state index in [1.54, 1.807) is 56.0 Å². The summed E-state index contributed by atoms with van der Waals surface area (Å²) >= 11 is 7.36. The van der Waals surface area contributed by atoms with Gasteiger partial charge in [-0.2, -0.15) is 4.98 Å². The van der Waals surface area contributed by atoms with E-state index in [0.29, 0.717) is 34.6 Å². The van der Waals surface area contributed by atoms with Gasteiger partial charge in [0.15, 0.2) is 0 Å². The van der Waals surface area contributed by atoms with Crippen molar-refractivity contribution in [2.75, 3.05) is 23.7 Å². The highest BCUT2D eigenvalue weighted by molar-refractivity contribution is 7.99. The van der Waals surface area contributed by atoms with Crippen molar-refractivity contribution in [1.82, 2.24) is 20.4 Å². The number of amides is 3. The van der Waals surface area contributed by atoms with Gasteiger partial charge in [-0.3, -0.25) is 4.79 Å². The molecular formula is C34H39ClFN5O6S. The number of halogens is 2. The van der Waals surface area contributed by atoms with Crippen molar-refractivity contribution in [2.45, 2.75) is 88.5 Å². The van der Waals surface area contributed by atoms with E-state index in [-0.39, 0.29) is 29.6 Å². The Kier molecular flexibility index (Phi) is 8.91. The molecule has 14 heteroatoms. The molecule has 2 bridgehead atoms. The van der Waals surface area contributed by atoms with Crippen LogP contribution < -0.4 is 10.2 Å². The van der Waals surface area contributed by atoms with Crippen LogP contribution in [0.25, 0.3) is 11.4 Å². The summed E-state index contributed by atoms with van der Waals surface area (Å²) in [6.07, 6.45) is 0.421. The summed E-state index contributed by atoms with van der Waals surface area (Å²) in [7, 11) is 0. The highest BCUT2D eigenvalue weighted by atomic mass is 35.5. The minimum Gasteiger partial charge on any atom is -0.444 e. The largest absolute Gasteiger partial charge is 0.444 e. The van der Waals surface area contributed by atoms with Crippen molar-refractivity contribution < 1.29 is 32.8 Å². The minimum absolute atomic E-state index is 0.0362. The standard InChI is InChI=1S/C34H39ClFN5O6S/c1-32(2,3)45-30(43)37-24-17-48-26-12-23(36)22(11-25(26)41(28(24)42)16-19-7-9-21(35)10-8-19)27-38-29(47-39-27)34-13-20(14-34)15-40(18-34)31(44)46-33(4,5)6/h7-12,20,24H,13-18H2,1-6H3,(H,37,43)/t20?,24-,34?/m0/s1. The molecule has 48 heavy (non-hydrogen) atoms. The second kappa shape index (κ2) is 12.6. The van der Waals surface area contributed by atoms with Crippen LogP contribution in [0.5, 0.6) is 0 Å². The molecule has 0 unspecified atom stereocenters. The number of thioether (sulfide) groups is 1. The number of fused-ring (bicyclic) bond motifs is 3. The van der Waals surface area contributed by atoms with Gasteiger partial charge < -0.3 is 29.1 Å². The molecule has 2 aromatic carbocycles. The van der Waals surface area contributed by atoms with Gasteiger partial charge in [0.25, 0.3) is 5.91 Å². The zero-order chi connectivity index (χ0) is 34.6. The Hall–Kier alpha value is -3.84. The van der Waals surface area contributed by atoms with Crippen LogP contribution in [0, 0.1) is 11.7 Å². The molecule has 3 aromatic rings. The highest BCUT2D eigenvalue weighted by Gasteiger charge is 2.56. The van der Waals surface area contributed by atoms with Gasteiger partial charge in [0, 0.05) is 28.8 Å². The predicted octanol–water partition coefficient (Wildman–Crippen LogP) is 6.96. The van der Waals surface area contributed by atoms with Gasteiger partial charge in [-0.25, -0.2) is 14.0 Å². The molecular weight excluding hydrogens is 661 g/mol. The van der Waals surface area contributed by atoms with E-state index in [4.69, 9.17) is 25.6 Å². The lowest BCUT2D eigenvalue weighted by Gasteiger charge is -2.53. The molecule has 1 aliphatic carbocycles. The van der Waals surface area contributed by atoms with Crippen LogP contribution in [0.15, 0.2) is 45.8 Å². The number of anilines is 1. The van der Waals surface area contributed by atoms with Crippen molar-refractivity contribution in [3.8, 4) is 11.4 Å². The highest BCUT2D eigenvalue weighted by Crippen LogP contribution is 2.52. The van der Waals surface area contributed by atoms with E-state index in [1.165, 1.54) is 22.7 Å². The van der Waals surface area contributed by atoms with E-state index in [2.05, 4.69) is 15.5 Å². The van der Waals surface area contributed by atoms with Crippen LogP contribution in [0.3, 0.4) is 0 Å². The van der Waals surface area contributed by atoms with Crippen LogP contribution in [0.1, 0.15) is 65.8 Å². The number of hydrogen-bond donors (Lipinski definition) is 1. The van der Waals surface area contributed by atoms with E-state index >= 15 is 4.39 Å². The first kappa shape index (κ1) is 34.0. The number of hydrogen-bond acceptors (Lipinski definition) is 9. The molecule has 4 aliphatic rings. The number of piperidine rings is 2. The number of nitrogens with zero attached hydrogens (tertiary/aromatic N) is 4. The molecule has 3 amide bonds. The summed E-state index contributed by atoms with van der Waals surface area (Å²) in [5.74, 6) is -0.176. The number of rotatable bonds is 5. The molecule has 3 aliphatic heterocycles. The lowest BCUT2D eigenvalue weighted by Crippen LogP contribution is -2.61. The fourth-order valence-corrected chi connectivity index (χ4v) is 7.58. The zero-order valence-electron chi connectivity index (χ0n) is 27.8. The van der Waals surface area contributed by atoms with E-state index in [1.807, 2.05) is 20.8 Å². The lowest BCUT2D eigenvalue weighted by molar-refractivity contribution is -0.120. The van der Waals surface area contributed by atoms with Crippen LogP contribution in [0.2, 0.25) is 5.02 Å². The van der Waals surface area contributed by atoms with Gasteiger partial charge in [0.1, 0.15) is 23.1 Å². The number of ether oxygens (including phenoxy) is 2. The second-order valence-corrected chi connectivity index (χ2v) is 16.2. The number of nitrogens with one attached hydrogen (secondary N) is 1. The molecule has 3 fully saturated rings. The SMILES string of the molecule is CC(C)(C)OC(=O)N[C@H]1CSc2cc(F)c(-c3noc(C45CC(CN(C(=O)OC(C)(C)C)C4)C5)n3)cc2N(Cc2ccc(Cl)cc2)C1=O. The number of alkyl carbamates (subject to hydrolysis) is 1. The van der Waals surface area contributed by atoms with Gasteiger partial charge in [-0.1, -0.05) is 28.9 Å². The van der Waals surface area contributed by atoms with Gasteiger partial charge in [0.2, 0.25) is 11.7 Å². The number of carbonyl (C=O) groups is 3. The van der Waals surface area contributed by atoms with Crippen LogP contribution in [0.4, 0.5) is 19.7 Å². The van der Waals surface area contributed by atoms with Gasteiger partial charge in [-0.05, 0) is 90.1 Å². The molecule has 1 atom stereocenters. The molecule has 256 valence electrons. The molecule has 2 saturated heterocycles. The van der Waals surface area contributed by atoms with Crippen LogP contribution >= 0.6 is 23.4 Å². The van der Waals surface area contributed by atoms with E-state index in [9.17, 15) is 14.4 Å². The smallest absolute Gasteiger partial charge is 0.410 e. The summed E-state index contributed by atoms with van der Waals surface area (Å²) in [5, 5.41) is 7.40. The third-order valence-electron chi connectivity index (χ3n) is 8.36. The fraction of sp³-hybridized carbons (Fsp3) is 0.500. The molecule has 7 rings (SSSR count). The first-order chi connectivity index (χ1) is 22.5. The molecule has 11 nitrogen and oxygen atoms in total. The number of benzene rings is 2. The molecule has 1 saturated carbocycles. The molecule has 0 spiro atoms. The van der Waals surface area contributed by atoms with Crippen LogP contribution in [-0.2, 0) is 26.2 Å². The Morgan fingerprint density at radius 1 is 1.10 bits per heavy atom. The summed E-state index contributed by atoms with van der Waals surface area (Å²) in [5.41, 5.74) is -0.653. The first-order valence-electron chi connectivity index (χ1n) is 15.8. The Bertz CT molecular complexity index is 1730. The fourth-order valence-electron chi connectivity index (χ4n) is 6.38. The summed E-state index contributed by atoms with van der Waals surface area (Å²) in [6.45, 7) is 11.8. The minimum atomic E-state index is -0.947. The maximum absolute atomic E-state index is 15.9. The van der Waals surface area contributed by atoms with Crippen molar-refractivity contribution in [1.29, 1.82) is 0 Å². The Morgan fingerprint density at radius 2 is 1.79 bits per heavy atom. The first-order valence-corrected chi connectivity index (χ1v) is 17.2. The van der Waals surface area contributed by atoms with Crippen LogP contribution in [-0.4, -0.2) is 69.2 Å². The lowest BCUT2D eigenvalue weighted by atomic mass is 9.58. The van der Waals surface area contributed by atoms with E-state index in [0.717, 1.165) is 18.4 Å². The zero-order valence-corrected chi connectivity index (χ0v) is 29.3. The number of carbonyl (C=O) groups excluding carboxylic acids is 3. The third-order valence-corrected chi connectivity index (χ3v) is 9.75. The third kappa shape index (κ3) is 7.26. The molecule has 1 N–H and O–H groups in total. The topological polar surface area (TPSA) is 127 Å². The number of aromatic nitrogens is 2. The Labute approximate surface area is 287 Å². The van der Waals surface area contributed by atoms with Crippen molar-refractivity contribution in [2.24, 2.45) is 5.92 Å². The summed E-state index contributed by atoms with van der Waals surface area (Å²) < 4.78 is 32.6. The van der Waals surface area contributed by atoms with E-state index < -0.39 is 46.6 Å². The van der Waals surface area contributed by atoms with Crippen molar-refractivity contribution >= 4 is 47.1 Å². The average molecular weight is 700 g/mol.